The van der Waals surface area contributed by atoms with Gasteiger partial charge in [-0.05, 0) is 52.3 Å². The van der Waals surface area contributed by atoms with E-state index in [1.807, 2.05) is 54.6 Å². The van der Waals surface area contributed by atoms with Crippen LogP contribution in [-0.2, 0) is 20.4 Å². The molecule has 6 nitrogen and oxygen atoms in total. The molecule has 3 aromatic carbocycles. The van der Waals surface area contributed by atoms with Crippen LogP contribution in [0.15, 0.2) is 72.3 Å². The molecule has 3 aromatic rings. The lowest BCUT2D eigenvalue weighted by Crippen LogP contribution is -2.29. The average molecular weight is 528 g/mol. The molecule has 1 saturated heterocycles. The Labute approximate surface area is 230 Å². The van der Waals surface area contributed by atoms with Crippen LogP contribution in [0.4, 0.5) is 5.69 Å². The molecular formula is C33H37NO5. The lowest BCUT2D eigenvalue weighted by molar-refractivity contribution is -0.132. The highest BCUT2D eigenvalue weighted by Crippen LogP contribution is 2.46. The normalized spacial score (nSPS) is 17.4. The zero-order valence-electron chi connectivity index (χ0n) is 24.0. The number of methoxy groups -OCH3 is 2. The highest BCUT2D eigenvalue weighted by Gasteiger charge is 2.48. The van der Waals surface area contributed by atoms with Gasteiger partial charge in [0.1, 0.15) is 17.3 Å². The van der Waals surface area contributed by atoms with Gasteiger partial charge in [-0.15, -0.1) is 0 Å². The summed E-state index contributed by atoms with van der Waals surface area (Å²) in [6.07, 6.45) is 0. The minimum atomic E-state index is -0.912. The van der Waals surface area contributed by atoms with Crippen LogP contribution in [0.3, 0.4) is 0 Å². The summed E-state index contributed by atoms with van der Waals surface area (Å²) in [5, 5.41) is 11.8. The number of hydrogen-bond donors (Lipinski definition) is 1. The van der Waals surface area contributed by atoms with Gasteiger partial charge >= 0.3 is 0 Å². The summed E-state index contributed by atoms with van der Waals surface area (Å²) in [7, 11) is 3.05. The zero-order chi connectivity index (χ0) is 28.7. The Hall–Kier alpha value is -4.06. The van der Waals surface area contributed by atoms with Crippen molar-refractivity contribution in [1.82, 2.24) is 0 Å². The van der Waals surface area contributed by atoms with Gasteiger partial charge in [0.15, 0.2) is 0 Å². The highest BCUT2D eigenvalue weighted by molar-refractivity contribution is 6.51. The summed E-state index contributed by atoms with van der Waals surface area (Å²) < 4.78 is 11.2. The van der Waals surface area contributed by atoms with Crippen molar-refractivity contribution in [3.05, 3.63) is 94.6 Å². The standard InChI is InChI=1S/C33H37NO5/c1-32(2,3)20-13-16-22(17-14-20)34-28(23-11-9-10-12-25(23)38-7)27(30(36)31(34)37)29(35)24-19-21(33(4,5)6)15-18-26(24)39-8/h9-19,28,35H,1-8H3/b29-27+. The predicted octanol–water partition coefficient (Wildman–Crippen LogP) is 6.93. The van der Waals surface area contributed by atoms with E-state index in [1.54, 1.807) is 19.2 Å². The van der Waals surface area contributed by atoms with E-state index in [0.717, 1.165) is 11.1 Å². The molecule has 1 aliphatic heterocycles. The number of amides is 1. The average Bonchev–Trinajstić information content (AvgIpc) is 3.16. The highest BCUT2D eigenvalue weighted by atomic mass is 16.5. The molecule has 39 heavy (non-hydrogen) atoms. The summed E-state index contributed by atoms with van der Waals surface area (Å²) in [4.78, 5) is 28.8. The molecule has 0 aromatic heterocycles. The van der Waals surface area contributed by atoms with Crippen molar-refractivity contribution in [1.29, 1.82) is 0 Å². The van der Waals surface area contributed by atoms with Crippen LogP contribution < -0.4 is 14.4 Å². The van der Waals surface area contributed by atoms with E-state index in [0.29, 0.717) is 28.3 Å². The minimum absolute atomic E-state index is 0.0197. The maximum atomic E-state index is 13.7. The first-order valence-electron chi connectivity index (χ1n) is 13.0. The maximum absolute atomic E-state index is 13.7. The molecule has 0 radical (unpaired) electrons. The van der Waals surface area contributed by atoms with Gasteiger partial charge in [0.2, 0.25) is 0 Å². The number of carbonyl (C=O) groups excluding carboxylic acids is 2. The summed E-state index contributed by atoms with van der Waals surface area (Å²) in [5.74, 6) is -0.878. The Balaban J connectivity index is 2.00. The molecule has 1 heterocycles. The number of aliphatic hydroxyl groups is 1. The van der Waals surface area contributed by atoms with Crippen LogP contribution in [-0.4, -0.2) is 31.0 Å². The topological polar surface area (TPSA) is 76.1 Å². The minimum Gasteiger partial charge on any atom is -0.507 e. The Bertz CT molecular complexity index is 1440. The number of Topliss-reactive ketones (excluding diaryl/α,β-unsaturated/α-hetero) is 1. The van der Waals surface area contributed by atoms with Crippen LogP contribution in [0, 0.1) is 0 Å². The SMILES string of the molecule is COc1ccc(C(C)(C)C)cc1/C(O)=C1\C(=O)C(=O)N(c2ccc(C(C)(C)C)cc2)C1c1ccccc1OC. The molecule has 1 unspecified atom stereocenters. The van der Waals surface area contributed by atoms with Gasteiger partial charge in [0.05, 0.1) is 31.4 Å². The number of ketones is 1. The molecule has 1 amide bonds. The van der Waals surface area contributed by atoms with Crippen LogP contribution in [0.2, 0.25) is 0 Å². The van der Waals surface area contributed by atoms with Crippen molar-refractivity contribution in [2.24, 2.45) is 0 Å². The lowest BCUT2D eigenvalue weighted by Gasteiger charge is -2.28. The maximum Gasteiger partial charge on any atom is 0.300 e. The van der Waals surface area contributed by atoms with Crippen molar-refractivity contribution in [3.63, 3.8) is 0 Å². The Kier molecular flexibility index (Phi) is 7.35. The van der Waals surface area contributed by atoms with Crippen molar-refractivity contribution in [2.75, 3.05) is 19.1 Å². The summed E-state index contributed by atoms with van der Waals surface area (Å²) >= 11 is 0. The molecule has 204 valence electrons. The van der Waals surface area contributed by atoms with E-state index in [-0.39, 0.29) is 22.2 Å². The largest absolute Gasteiger partial charge is 0.507 e. The van der Waals surface area contributed by atoms with Crippen molar-refractivity contribution in [2.45, 2.75) is 58.4 Å². The number of hydrogen-bond acceptors (Lipinski definition) is 5. The van der Waals surface area contributed by atoms with E-state index in [9.17, 15) is 14.7 Å². The second-order valence-electron chi connectivity index (χ2n) is 11.9. The third kappa shape index (κ3) is 5.16. The summed E-state index contributed by atoms with van der Waals surface area (Å²) in [5.41, 5.74) is 3.22. The molecule has 0 bridgehead atoms. The van der Waals surface area contributed by atoms with Gasteiger partial charge in [-0.1, -0.05) is 77.9 Å². The number of rotatable bonds is 5. The fourth-order valence-corrected chi connectivity index (χ4v) is 4.91. The second kappa shape index (κ2) is 10.3. The van der Waals surface area contributed by atoms with E-state index in [1.165, 1.54) is 12.0 Å². The monoisotopic (exact) mass is 527 g/mol. The van der Waals surface area contributed by atoms with E-state index >= 15 is 0 Å². The predicted molar refractivity (Wildman–Crippen MR) is 155 cm³/mol. The third-order valence-electron chi connectivity index (χ3n) is 7.21. The fourth-order valence-electron chi connectivity index (χ4n) is 4.91. The van der Waals surface area contributed by atoms with Crippen LogP contribution in [0.5, 0.6) is 11.5 Å². The summed E-state index contributed by atoms with van der Waals surface area (Å²) in [6.45, 7) is 12.5. The first-order valence-corrected chi connectivity index (χ1v) is 13.0. The third-order valence-corrected chi connectivity index (χ3v) is 7.21. The summed E-state index contributed by atoms with van der Waals surface area (Å²) in [6, 6.07) is 19.4. The number of ether oxygens (including phenoxy) is 2. The molecule has 0 saturated carbocycles. The van der Waals surface area contributed by atoms with Gasteiger partial charge < -0.3 is 14.6 Å². The molecule has 0 spiro atoms. The number of carbonyl (C=O) groups is 2. The number of anilines is 1. The van der Waals surface area contributed by atoms with Crippen molar-refractivity contribution in [3.8, 4) is 11.5 Å². The van der Waals surface area contributed by atoms with Gasteiger partial charge in [0, 0.05) is 11.3 Å². The molecule has 4 rings (SSSR count). The molecule has 6 heteroatoms. The molecule has 1 atom stereocenters. The Morgan fingerprint density at radius 2 is 1.33 bits per heavy atom. The Morgan fingerprint density at radius 3 is 1.90 bits per heavy atom. The van der Waals surface area contributed by atoms with E-state index in [2.05, 4.69) is 41.5 Å². The Morgan fingerprint density at radius 1 is 0.769 bits per heavy atom. The molecule has 1 fully saturated rings. The van der Waals surface area contributed by atoms with Gasteiger partial charge in [0.25, 0.3) is 11.7 Å². The fraction of sp³-hybridized carbons (Fsp3) is 0.333. The van der Waals surface area contributed by atoms with E-state index < -0.39 is 17.7 Å². The smallest absolute Gasteiger partial charge is 0.300 e. The molecule has 0 aliphatic carbocycles. The van der Waals surface area contributed by atoms with Crippen molar-refractivity contribution < 1.29 is 24.2 Å². The quantitative estimate of drug-likeness (QED) is 0.221. The number of para-hydroxylation sites is 1. The second-order valence-corrected chi connectivity index (χ2v) is 11.9. The lowest BCUT2D eigenvalue weighted by atomic mass is 9.85. The molecular weight excluding hydrogens is 490 g/mol. The van der Waals surface area contributed by atoms with Crippen LogP contribution >= 0.6 is 0 Å². The first-order chi connectivity index (χ1) is 18.3. The van der Waals surface area contributed by atoms with Gasteiger partial charge in [-0.25, -0.2) is 0 Å². The molecule has 1 aliphatic rings. The number of benzene rings is 3. The number of aliphatic hydroxyl groups excluding tert-OH is 1. The van der Waals surface area contributed by atoms with Crippen LogP contribution in [0.1, 0.15) is 69.8 Å². The number of nitrogens with zero attached hydrogens (tertiary/aromatic N) is 1. The van der Waals surface area contributed by atoms with Gasteiger partial charge in [-0.3, -0.25) is 14.5 Å². The van der Waals surface area contributed by atoms with E-state index in [4.69, 9.17) is 9.47 Å². The molecule has 1 N–H and O–H groups in total. The zero-order valence-corrected chi connectivity index (χ0v) is 24.0. The van der Waals surface area contributed by atoms with Crippen LogP contribution in [0.25, 0.3) is 5.76 Å². The van der Waals surface area contributed by atoms with Gasteiger partial charge in [-0.2, -0.15) is 0 Å². The van der Waals surface area contributed by atoms with Crippen molar-refractivity contribution >= 4 is 23.1 Å². The first kappa shape index (κ1) is 28.0.